The van der Waals surface area contributed by atoms with Crippen molar-refractivity contribution in [1.82, 2.24) is 14.8 Å². The van der Waals surface area contributed by atoms with E-state index in [1.165, 1.54) is 35.1 Å². The summed E-state index contributed by atoms with van der Waals surface area (Å²) in [7, 11) is 3.28. The van der Waals surface area contributed by atoms with Crippen molar-refractivity contribution in [2.24, 2.45) is 13.0 Å². The molecule has 1 aliphatic carbocycles. The van der Waals surface area contributed by atoms with Gasteiger partial charge in [0, 0.05) is 17.8 Å². The van der Waals surface area contributed by atoms with Gasteiger partial charge in [0.15, 0.2) is 5.16 Å². The van der Waals surface area contributed by atoms with Crippen LogP contribution in [0.3, 0.4) is 0 Å². The molecule has 2 heterocycles. The third kappa shape index (κ3) is 4.25. The summed E-state index contributed by atoms with van der Waals surface area (Å²) in [5, 5.41) is 12.6. The number of amides is 1. The monoisotopic (exact) mass is 422 g/mol. The lowest BCUT2D eigenvalue weighted by Crippen LogP contribution is -2.17. The van der Waals surface area contributed by atoms with Crippen molar-refractivity contribution in [3.05, 3.63) is 21.8 Å². The standard InChI is InChI=1S/C19H26N4O3S2/c1-10(2)16-21-22-19(23(16)4)27-9-14(24)20-17-15(18(25)26-5)12-7-6-11(3)8-13(12)28-17/h10-11H,6-9H2,1-5H3,(H,20,24). The average Bonchev–Trinajstić information content (AvgIpc) is 3.18. The van der Waals surface area contributed by atoms with Gasteiger partial charge in [0.1, 0.15) is 10.8 Å². The minimum atomic E-state index is -0.384. The van der Waals surface area contributed by atoms with Gasteiger partial charge in [0.25, 0.3) is 0 Å². The number of anilines is 1. The van der Waals surface area contributed by atoms with Crippen molar-refractivity contribution in [2.45, 2.75) is 51.1 Å². The van der Waals surface area contributed by atoms with Crippen LogP contribution in [0.5, 0.6) is 0 Å². The van der Waals surface area contributed by atoms with E-state index in [1.54, 1.807) is 0 Å². The van der Waals surface area contributed by atoms with Gasteiger partial charge >= 0.3 is 5.97 Å². The molecule has 3 rings (SSSR count). The van der Waals surface area contributed by atoms with Gasteiger partial charge < -0.3 is 14.6 Å². The van der Waals surface area contributed by atoms with Crippen LogP contribution in [0.2, 0.25) is 0 Å². The molecule has 0 saturated carbocycles. The first-order valence-corrected chi connectivity index (χ1v) is 11.2. The molecule has 1 amide bonds. The van der Waals surface area contributed by atoms with Crippen molar-refractivity contribution in [3.8, 4) is 0 Å². The van der Waals surface area contributed by atoms with E-state index in [4.69, 9.17) is 4.74 Å². The molecule has 152 valence electrons. The maximum absolute atomic E-state index is 12.5. The van der Waals surface area contributed by atoms with Gasteiger partial charge in [0.05, 0.1) is 18.4 Å². The lowest BCUT2D eigenvalue weighted by Gasteiger charge is -2.18. The van der Waals surface area contributed by atoms with E-state index in [0.29, 0.717) is 21.6 Å². The highest BCUT2D eigenvalue weighted by Crippen LogP contribution is 2.40. The first-order chi connectivity index (χ1) is 13.3. The number of methoxy groups -OCH3 is 1. The number of hydrogen-bond donors (Lipinski definition) is 1. The molecule has 2 aromatic rings. The molecular weight excluding hydrogens is 396 g/mol. The molecule has 0 spiro atoms. The Bertz CT molecular complexity index is 888. The van der Waals surface area contributed by atoms with Gasteiger partial charge in [-0.15, -0.1) is 21.5 Å². The number of thioether (sulfide) groups is 1. The zero-order valence-electron chi connectivity index (χ0n) is 16.9. The first kappa shape index (κ1) is 20.9. The molecule has 1 N–H and O–H groups in total. The summed E-state index contributed by atoms with van der Waals surface area (Å²) in [6, 6.07) is 0. The van der Waals surface area contributed by atoms with E-state index in [0.717, 1.165) is 30.7 Å². The van der Waals surface area contributed by atoms with E-state index < -0.39 is 0 Å². The molecule has 0 radical (unpaired) electrons. The van der Waals surface area contributed by atoms with Crippen LogP contribution < -0.4 is 5.32 Å². The van der Waals surface area contributed by atoms with Crippen LogP contribution in [0, 0.1) is 5.92 Å². The Hall–Kier alpha value is -1.87. The van der Waals surface area contributed by atoms with Crippen LogP contribution in [0.4, 0.5) is 5.00 Å². The Morgan fingerprint density at radius 2 is 2.14 bits per heavy atom. The molecule has 0 fully saturated rings. The molecule has 1 unspecified atom stereocenters. The average molecular weight is 423 g/mol. The number of nitrogens with zero attached hydrogens (tertiary/aromatic N) is 3. The summed E-state index contributed by atoms with van der Waals surface area (Å²) in [5.41, 5.74) is 1.56. The van der Waals surface area contributed by atoms with Gasteiger partial charge in [-0.3, -0.25) is 4.79 Å². The van der Waals surface area contributed by atoms with E-state index in [1.807, 2.05) is 11.6 Å². The third-order valence-corrected chi connectivity index (χ3v) is 7.06. The lowest BCUT2D eigenvalue weighted by atomic mass is 9.88. The number of aromatic nitrogens is 3. The largest absolute Gasteiger partial charge is 0.465 e. The SMILES string of the molecule is COC(=O)c1c(NC(=O)CSc2nnc(C(C)C)n2C)sc2c1CCC(C)C2. The predicted molar refractivity (Wildman–Crippen MR) is 111 cm³/mol. The summed E-state index contributed by atoms with van der Waals surface area (Å²) in [4.78, 5) is 26.0. The van der Waals surface area contributed by atoms with Crippen LogP contribution in [-0.4, -0.2) is 39.5 Å². The Morgan fingerprint density at radius 3 is 2.79 bits per heavy atom. The summed E-state index contributed by atoms with van der Waals surface area (Å²) < 4.78 is 6.88. The van der Waals surface area contributed by atoms with Gasteiger partial charge in [-0.05, 0) is 30.7 Å². The molecule has 0 bridgehead atoms. The minimum Gasteiger partial charge on any atom is -0.465 e. The number of fused-ring (bicyclic) bond motifs is 1. The molecule has 9 heteroatoms. The molecule has 7 nitrogen and oxygen atoms in total. The van der Waals surface area contributed by atoms with Gasteiger partial charge in [-0.25, -0.2) is 4.79 Å². The topological polar surface area (TPSA) is 86.1 Å². The van der Waals surface area contributed by atoms with Gasteiger partial charge in [-0.1, -0.05) is 32.5 Å². The van der Waals surface area contributed by atoms with Crippen molar-refractivity contribution in [3.63, 3.8) is 0 Å². The van der Waals surface area contributed by atoms with Crippen molar-refractivity contribution >= 4 is 40.0 Å². The molecule has 1 atom stereocenters. The summed E-state index contributed by atoms with van der Waals surface area (Å²) in [6.45, 7) is 6.32. The van der Waals surface area contributed by atoms with Gasteiger partial charge in [0.2, 0.25) is 5.91 Å². The Labute approximate surface area is 173 Å². The second kappa shape index (κ2) is 8.65. The summed E-state index contributed by atoms with van der Waals surface area (Å²) in [5.74, 6) is 1.38. The number of nitrogens with one attached hydrogen (secondary N) is 1. The smallest absolute Gasteiger partial charge is 0.341 e. The normalized spacial score (nSPS) is 16.1. The third-order valence-electron chi connectivity index (χ3n) is 4.87. The van der Waals surface area contributed by atoms with Crippen LogP contribution in [0.15, 0.2) is 5.16 Å². The van der Waals surface area contributed by atoms with Crippen LogP contribution in [0.25, 0.3) is 0 Å². The quantitative estimate of drug-likeness (QED) is 0.565. The van der Waals surface area contributed by atoms with Crippen LogP contribution in [-0.2, 0) is 29.4 Å². The van der Waals surface area contributed by atoms with Gasteiger partial charge in [-0.2, -0.15) is 0 Å². The summed E-state index contributed by atoms with van der Waals surface area (Å²) >= 11 is 2.83. The molecule has 2 aromatic heterocycles. The fourth-order valence-corrected chi connectivity index (χ4v) is 5.54. The van der Waals surface area contributed by atoms with E-state index >= 15 is 0 Å². The van der Waals surface area contributed by atoms with E-state index in [-0.39, 0.29) is 23.5 Å². The number of thiophene rings is 1. The predicted octanol–water partition coefficient (Wildman–Crippen LogP) is 3.64. The maximum atomic E-state index is 12.5. The highest BCUT2D eigenvalue weighted by molar-refractivity contribution is 7.99. The molecule has 1 aliphatic rings. The molecule has 0 aliphatic heterocycles. The highest BCUT2D eigenvalue weighted by Gasteiger charge is 2.29. The lowest BCUT2D eigenvalue weighted by molar-refractivity contribution is -0.113. The number of ether oxygens (including phenoxy) is 1. The zero-order valence-corrected chi connectivity index (χ0v) is 18.5. The van der Waals surface area contributed by atoms with E-state index in [9.17, 15) is 9.59 Å². The number of hydrogen-bond acceptors (Lipinski definition) is 7. The zero-order chi connectivity index (χ0) is 20.4. The fraction of sp³-hybridized carbons (Fsp3) is 0.579. The second-order valence-corrected chi connectivity index (χ2v) is 9.49. The molecule has 28 heavy (non-hydrogen) atoms. The van der Waals surface area contributed by atoms with Crippen LogP contribution in [0.1, 0.15) is 59.7 Å². The number of rotatable bonds is 6. The second-order valence-electron chi connectivity index (χ2n) is 7.44. The molecular formula is C19H26N4O3S2. The molecule has 0 saturated heterocycles. The van der Waals surface area contributed by atoms with Crippen molar-refractivity contribution in [1.29, 1.82) is 0 Å². The number of esters is 1. The van der Waals surface area contributed by atoms with Crippen molar-refractivity contribution < 1.29 is 14.3 Å². The Balaban J connectivity index is 1.72. The fourth-order valence-electron chi connectivity index (χ4n) is 3.40. The Morgan fingerprint density at radius 1 is 1.39 bits per heavy atom. The Kier molecular flexibility index (Phi) is 6.44. The van der Waals surface area contributed by atoms with Crippen LogP contribution >= 0.6 is 23.1 Å². The van der Waals surface area contributed by atoms with E-state index in [2.05, 4.69) is 36.3 Å². The maximum Gasteiger partial charge on any atom is 0.341 e. The number of carbonyl (C=O) groups excluding carboxylic acids is 2. The number of carbonyl (C=O) groups is 2. The van der Waals surface area contributed by atoms with Crippen molar-refractivity contribution in [2.75, 3.05) is 18.2 Å². The minimum absolute atomic E-state index is 0.170. The molecule has 0 aromatic carbocycles. The first-order valence-electron chi connectivity index (χ1n) is 9.36. The highest BCUT2D eigenvalue weighted by atomic mass is 32.2. The summed E-state index contributed by atoms with van der Waals surface area (Å²) in [6.07, 6.45) is 2.83.